The van der Waals surface area contributed by atoms with Crippen LogP contribution in [0.25, 0.3) is 6.08 Å². The Morgan fingerprint density at radius 3 is 2.36 bits per heavy atom. The van der Waals surface area contributed by atoms with Crippen molar-refractivity contribution in [3.63, 3.8) is 0 Å². The molecule has 6 heteroatoms. The lowest BCUT2D eigenvalue weighted by molar-refractivity contribution is -0.118. The molecule has 0 saturated heterocycles. The smallest absolute Gasteiger partial charge is 0.283 e. The highest BCUT2D eigenvalue weighted by atomic mass is 19.1. The second kappa shape index (κ2) is 23.3. The van der Waals surface area contributed by atoms with Crippen LogP contribution in [0.1, 0.15) is 99.0 Å². The molecule has 0 spiro atoms. The van der Waals surface area contributed by atoms with Crippen molar-refractivity contribution in [2.45, 2.75) is 99.5 Å². The highest BCUT2D eigenvalue weighted by molar-refractivity contribution is 6.38. The van der Waals surface area contributed by atoms with Crippen LogP contribution < -0.4 is 10.7 Å². The molecule has 1 aliphatic heterocycles. The van der Waals surface area contributed by atoms with E-state index in [-0.39, 0.29) is 29.4 Å². The third-order valence-electron chi connectivity index (χ3n) is 6.44. The molecule has 2 atom stereocenters. The number of carbonyl (C=O) groups excluding carboxylic acids is 1. The van der Waals surface area contributed by atoms with Crippen LogP contribution in [-0.4, -0.2) is 35.8 Å². The number of allylic oxidation sites excluding steroid dienone is 5. The average Bonchev–Trinajstić information content (AvgIpc) is 2.97. The van der Waals surface area contributed by atoms with Gasteiger partial charge in [0.1, 0.15) is 11.5 Å². The van der Waals surface area contributed by atoms with Crippen LogP contribution in [-0.2, 0) is 4.79 Å². The fourth-order valence-corrected chi connectivity index (χ4v) is 4.23. The zero-order chi connectivity index (χ0) is 31.9. The minimum atomic E-state index is -0.322. The number of hydrazine groups is 1. The van der Waals surface area contributed by atoms with Crippen molar-refractivity contribution in [1.82, 2.24) is 15.8 Å². The van der Waals surface area contributed by atoms with E-state index in [1.807, 2.05) is 39.1 Å². The number of halogens is 1. The van der Waals surface area contributed by atoms with Crippen LogP contribution in [0.3, 0.4) is 0 Å². The zero-order valence-electron chi connectivity index (χ0n) is 27.4. The summed E-state index contributed by atoms with van der Waals surface area (Å²) in [5.41, 5.74) is 7.60. The Labute approximate surface area is 256 Å². The van der Waals surface area contributed by atoms with Gasteiger partial charge in [-0.1, -0.05) is 73.6 Å². The summed E-state index contributed by atoms with van der Waals surface area (Å²) in [5.74, 6) is -0.693. The van der Waals surface area contributed by atoms with Crippen molar-refractivity contribution in [3.8, 4) is 0 Å². The van der Waals surface area contributed by atoms with Gasteiger partial charge in [-0.05, 0) is 97.3 Å². The molecule has 1 amide bonds. The molecule has 0 bridgehead atoms. The second-order valence-corrected chi connectivity index (χ2v) is 11.0. The van der Waals surface area contributed by atoms with Crippen LogP contribution >= 0.6 is 0 Å². The lowest BCUT2D eigenvalue weighted by Gasteiger charge is -2.27. The molecule has 0 radical (unpaired) electrons. The van der Waals surface area contributed by atoms with Crippen molar-refractivity contribution in [2.24, 2.45) is 5.92 Å². The molecule has 1 aromatic rings. The van der Waals surface area contributed by atoms with Crippen LogP contribution in [0, 0.1) is 17.1 Å². The van der Waals surface area contributed by atoms with Crippen molar-refractivity contribution in [3.05, 3.63) is 90.0 Å². The lowest BCUT2D eigenvalue weighted by Crippen LogP contribution is -2.45. The van der Waals surface area contributed by atoms with E-state index in [0.29, 0.717) is 0 Å². The van der Waals surface area contributed by atoms with Gasteiger partial charge in [0, 0.05) is 31.2 Å². The fraction of sp³-hybridized carbons (Fsp3) is 0.500. The lowest BCUT2D eigenvalue weighted by atomic mass is 9.89. The summed E-state index contributed by atoms with van der Waals surface area (Å²) in [6, 6.07) is 6.64. The Hall–Kier alpha value is -3.25. The van der Waals surface area contributed by atoms with Gasteiger partial charge in [-0.2, -0.15) is 0 Å². The van der Waals surface area contributed by atoms with Crippen LogP contribution in [0.4, 0.5) is 4.39 Å². The first-order valence-electron chi connectivity index (χ1n) is 15.4. The standard InChI is InChI=1S/C27H39FN4O.C7H12.C2H6/c1-20(2)19-30-22(4)18-24(26(29)27(33)31-32-15-6-5-7-16-32)10-8-9-21(3)17-23-11-13-25(28)14-12-23;1-4-5-6-7(2)3;1-2/h6,11-15,17,22,24,29-30H,1,5,7-10,16,18-19H2,2-4H3,(H,31,33);4,6H,1,5H2,2-3H3;1-2H3/b21-17-,29-26?;;. The van der Waals surface area contributed by atoms with Gasteiger partial charge in [-0.3, -0.25) is 20.6 Å². The normalized spacial score (nSPS) is 13.8. The number of carbonyl (C=O) groups is 1. The fourth-order valence-electron chi connectivity index (χ4n) is 4.23. The second-order valence-electron chi connectivity index (χ2n) is 11.0. The maximum atomic E-state index is 13.1. The number of nitrogens with zero attached hydrogens (tertiary/aromatic N) is 1. The Balaban J connectivity index is 0.00000163. The van der Waals surface area contributed by atoms with Gasteiger partial charge in [0.05, 0.1) is 0 Å². The van der Waals surface area contributed by atoms with E-state index >= 15 is 0 Å². The van der Waals surface area contributed by atoms with Crippen molar-refractivity contribution in [2.75, 3.05) is 13.1 Å². The molecule has 0 saturated carbocycles. The summed E-state index contributed by atoms with van der Waals surface area (Å²) in [5, 5.41) is 13.8. The topological polar surface area (TPSA) is 68.2 Å². The van der Waals surface area contributed by atoms with E-state index in [1.54, 1.807) is 17.1 Å². The predicted molar refractivity (Wildman–Crippen MR) is 181 cm³/mol. The van der Waals surface area contributed by atoms with Crippen LogP contribution in [0.15, 0.2) is 78.6 Å². The highest BCUT2D eigenvalue weighted by Gasteiger charge is 2.24. The van der Waals surface area contributed by atoms with Crippen molar-refractivity contribution >= 4 is 17.7 Å². The Kier molecular flexibility index (Phi) is 21.5. The molecule has 2 rings (SSSR count). The Morgan fingerprint density at radius 1 is 1.17 bits per heavy atom. The molecular formula is C36H57FN4O. The summed E-state index contributed by atoms with van der Waals surface area (Å²) >= 11 is 0. The molecule has 0 aliphatic carbocycles. The maximum absolute atomic E-state index is 13.1. The van der Waals surface area contributed by atoms with E-state index in [9.17, 15) is 9.18 Å². The van der Waals surface area contributed by atoms with Gasteiger partial charge < -0.3 is 5.32 Å². The summed E-state index contributed by atoms with van der Waals surface area (Å²) in [6.45, 7) is 23.3. The molecule has 42 heavy (non-hydrogen) atoms. The van der Waals surface area contributed by atoms with Gasteiger partial charge in [-0.15, -0.1) is 6.58 Å². The SMILES string of the molecule is C=C(C)CNC(C)CC(CCC/C(C)=C\c1ccc(F)cc1)C(=N)C(=O)NN1C=CCCC1.C=CCC=C(C)C.CC. The summed E-state index contributed by atoms with van der Waals surface area (Å²) in [7, 11) is 0. The number of rotatable bonds is 15. The first-order valence-corrected chi connectivity index (χ1v) is 15.4. The molecule has 5 nitrogen and oxygen atoms in total. The molecule has 1 aliphatic rings. The molecule has 3 N–H and O–H groups in total. The quantitative estimate of drug-likeness (QED) is 0.143. The average molecular weight is 581 g/mol. The molecule has 0 aromatic heterocycles. The van der Waals surface area contributed by atoms with E-state index in [1.165, 1.54) is 23.3 Å². The van der Waals surface area contributed by atoms with Crippen molar-refractivity contribution < 1.29 is 9.18 Å². The molecule has 234 valence electrons. The Bertz CT molecular complexity index is 1030. The molecular weight excluding hydrogens is 523 g/mol. The summed E-state index contributed by atoms with van der Waals surface area (Å²) in [4.78, 5) is 12.8. The van der Waals surface area contributed by atoms with E-state index in [4.69, 9.17) is 5.41 Å². The van der Waals surface area contributed by atoms with Crippen molar-refractivity contribution in [1.29, 1.82) is 5.41 Å². The first-order chi connectivity index (χ1) is 20.0. The van der Waals surface area contributed by atoms with Gasteiger partial charge in [0.25, 0.3) is 5.91 Å². The van der Waals surface area contributed by atoms with Gasteiger partial charge in [0.2, 0.25) is 0 Å². The minimum absolute atomic E-state index is 0.134. The van der Waals surface area contributed by atoms with Crippen LogP contribution in [0.2, 0.25) is 0 Å². The maximum Gasteiger partial charge on any atom is 0.283 e. The number of hydrogen-bond donors (Lipinski definition) is 3. The molecule has 1 heterocycles. The molecule has 1 aromatic carbocycles. The minimum Gasteiger partial charge on any atom is -0.311 e. The third kappa shape index (κ3) is 19.0. The van der Waals surface area contributed by atoms with Gasteiger partial charge in [0.15, 0.2) is 0 Å². The first kappa shape index (κ1) is 38.8. The number of hydrogen-bond acceptors (Lipinski definition) is 4. The number of amides is 1. The largest absolute Gasteiger partial charge is 0.311 e. The van der Waals surface area contributed by atoms with E-state index in [0.717, 1.165) is 69.2 Å². The van der Waals surface area contributed by atoms with Gasteiger partial charge >= 0.3 is 0 Å². The molecule has 0 fully saturated rings. The number of benzene rings is 1. The van der Waals surface area contributed by atoms with Crippen LogP contribution in [0.5, 0.6) is 0 Å². The number of nitrogens with one attached hydrogen (secondary N) is 3. The van der Waals surface area contributed by atoms with Gasteiger partial charge in [-0.25, -0.2) is 4.39 Å². The molecule has 2 unspecified atom stereocenters. The van der Waals surface area contributed by atoms with E-state index in [2.05, 4.69) is 63.7 Å². The highest BCUT2D eigenvalue weighted by Crippen LogP contribution is 2.21. The predicted octanol–water partition coefficient (Wildman–Crippen LogP) is 9.18. The monoisotopic (exact) mass is 580 g/mol. The summed E-state index contributed by atoms with van der Waals surface area (Å²) in [6.07, 6.45) is 16.2. The third-order valence-corrected chi connectivity index (χ3v) is 6.44. The summed E-state index contributed by atoms with van der Waals surface area (Å²) < 4.78 is 13.1. The van der Waals surface area contributed by atoms with E-state index < -0.39 is 0 Å². The Morgan fingerprint density at radius 2 is 1.83 bits per heavy atom. The zero-order valence-corrected chi connectivity index (χ0v) is 27.4.